The van der Waals surface area contributed by atoms with Crippen LogP contribution in [0.2, 0.25) is 0 Å². The molecule has 220 valence electrons. The highest BCUT2D eigenvalue weighted by Crippen LogP contribution is 2.46. The molecule has 4 aromatic rings. The van der Waals surface area contributed by atoms with Crippen molar-refractivity contribution in [2.24, 2.45) is 0 Å². The largest absolute Gasteiger partial charge is 0.507 e. The van der Waals surface area contributed by atoms with Gasteiger partial charge in [0.25, 0.3) is 11.7 Å². The molecule has 5 rings (SSSR count). The van der Waals surface area contributed by atoms with Crippen LogP contribution in [0.5, 0.6) is 23.0 Å². The van der Waals surface area contributed by atoms with E-state index in [1.165, 1.54) is 18.1 Å². The van der Waals surface area contributed by atoms with Crippen molar-refractivity contribution in [3.05, 3.63) is 118 Å². The highest BCUT2D eigenvalue weighted by Gasteiger charge is 2.48. The van der Waals surface area contributed by atoms with E-state index in [1.807, 2.05) is 51.1 Å². The van der Waals surface area contributed by atoms with Crippen LogP contribution in [-0.2, 0) is 16.2 Å². The number of aliphatic hydroxyl groups is 1. The molecule has 1 fully saturated rings. The second kappa shape index (κ2) is 12.3. The molecule has 1 atom stereocenters. The van der Waals surface area contributed by atoms with Crippen LogP contribution in [0.4, 0.5) is 5.69 Å². The second-order valence-electron chi connectivity index (χ2n) is 10.3. The number of Topliss-reactive ketones (excluding diaryl/α,β-unsaturated/α-hetero) is 1. The first-order chi connectivity index (χ1) is 20.7. The molecule has 1 aliphatic rings. The summed E-state index contributed by atoms with van der Waals surface area (Å²) in [6.45, 7) is 6.22. The van der Waals surface area contributed by atoms with Gasteiger partial charge >= 0.3 is 0 Å². The molecule has 2 N–H and O–H groups in total. The van der Waals surface area contributed by atoms with Crippen LogP contribution in [0.15, 0.2) is 90.5 Å². The minimum atomic E-state index is -1.06. The Bertz CT molecular complexity index is 1710. The van der Waals surface area contributed by atoms with Crippen LogP contribution in [0.1, 0.15) is 40.8 Å². The smallest absolute Gasteiger partial charge is 0.300 e. The monoisotopic (exact) mass is 579 g/mol. The summed E-state index contributed by atoms with van der Waals surface area (Å²) in [5.41, 5.74) is 3.41. The number of rotatable bonds is 9. The normalized spacial score (nSPS) is 15.9. The topological polar surface area (TPSA) is 106 Å². The van der Waals surface area contributed by atoms with E-state index < -0.39 is 17.7 Å². The fourth-order valence-electron chi connectivity index (χ4n) is 5.20. The Hall–Kier alpha value is -5.24. The van der Waals surface area contributed by atoms with Gasteiger partial charge in [0.05, 0.1) is 31.0 Å². The SMILES string of the molecule is CCOc1cc(C2/C(=C(/O)c3ccc(OCc4ccccc4)c(C)c3)C(=O)C(=O)N2c2cc(C)ccc2O)ccc1OC. The minimum absolute atomic E-state index is 0.115. The van der Waals surface area contributed by atoms with Crippen molar-refractivity contribution in [2.45, 2.75) is 33.4 Å². The van der Waals surface area contributed by atoms with E-state index in [4.69, 9.17) is 14.2 Å². The molecule has 0 bridgehead atoms. The molecule has 1 heterocycles. The van der Waals surface area contributed by atoms with Crippen molar-refractivity contribution in [3.63, 3.8) is 0 Å². The number of amides is 1. The summed E-state index contributed by atoms with van der Waals surface area (Å²) in [6, 6.07) is 23.6. The van der Waals surface area contributed by atoms with Crippen molar-refractivity contribution < 1.29 is 34.0 Å². The van der Waals surface area contributed by atoms with Gasteiger partial charge in [0, 0.05) is 5.56 Å². The zero-order valence-electron chi connectivity index (χ0n) is 24.5. The predicted molar refractivity (Wildman–Crippen MR) is 164 cm³/mol. The molecule has 8 nitrogen and oxygen atoms in total. The Kier molecular flexibility index (Phi) is 8.39. The van der Waals surface area contributed by atoms with E-state index in [0.717, 1.165) is 16.7 Å². The lowest BCUT2D eigenvalue weighted by Crippen LogP contribution is -2.29. The lowest BCUT2D eigenvalue weighted by Gasteiger charge is -2.27. The predicted octanol–water partition coefficient (Wildman–Crippen LogP) is 6.62. The molecule has 0 aromatic heterocycles. The molecule has 1 amide bonds. The molecule has 0 saturated carbocycles. The molecule has 0 aliphatic carbocycles. The summed E-state index contributed by atoms with van der Waals surface area (Å²) >= 11 is 0. The quantitative estimate of drug-likeness (QED) is 0.130. The number of aromatic hydroxyl groups is 1. The van der Waals surface area contributed by atoms with E-state index in [1.54, 1.807) is 48.5 Å². The Morgan fingerprint density at radius 3 is 2.30 bits per heavy atom. The minimum Gasteiger partial charge on any atom is -0.507 e. The van der Waals surface area contributed by atoms with Crippen molar-refractivity contribution in [1.82, 2.24) is 0 Å². The maximum Gasteiger partial charge on any atom is 0.300 e. The molecular weight excluding hydrogens is 546 g/mol. The van der Waals surface area contributed by atoms with Gasteiger partial charge in [-0.25, -0.2) is 0 Å². The number of nitrogens with zero attached hydrogens (tertiary/aromatic N) is 1. The molecule has 0 radical (unpaired) electrons. The van der Waals surface area contributed by atoms with Gasteiger partial charge in [-0.1, -0.05) is 42.5 Å². The summed E-state index contributed by atoms with van der Waals surface area (Å²) in [5.74, 6) is -0.755. The lowest BCUT2D eigenvalue weighted by molar-refractivity contribution is -0.132. The first kappa shape index (κ1) is 29.3. The number of phenolic OH excluding ortho intramolecular Hbond substituents is 1. The number of aliphatic hydroxyl groups excluding tert-OH is 1. The first-order valence-corrected chi connectivity index (χ1v) is 13.9. The number of hydrogen-bond acceptors (Lipinski definition) is 7. The zero-order valence-corrected chi connectivity index (χ0v) is 24.5. The summed E-state index contributed by atoms with van der Waals surface area (Å²) < 4.78 is 17.2. The van der Waals surface area contributed by atoms with Crippen molar-refractivity contribution in [3.8, 4) is 23.0 Å². The molecule has 1 aliphatic heterocycles. The van der Waals surface area contributed by atoms with E-state index >= 15 is 0 Å². The van der Waals surface area contributed by atoms with Crippen LogP contribution < -0.4 is 19.1 Å². The average molecular weight is 580 g/mol. The van der Waals surface area contributed by atoms with E-state index in [9.17, 15) is 19.8 Å². The molecule has 1 saturated heterocycles. The second-order valence-corrected chi connectivity index (χ2v) is 10.3. The molecule has 43 heavy (non-hydrogen) atoms. The number of phenols is 1. The van der Waals surface area contributed by atoms with E-state index in [2.05, 4.69) is 0 Å². The molecule has 4 aromatic carbocycles. The Balaban J connectivity index is 1.62. The molecule has 1 unspecified atom stereocenters. The van der Waals surface area contributed by atoms with Crippen LogP contribution in [0.3, 0.4) is 0 Å². The Morgan fingerprint density at radius 1 is 0.860 bits per heavy atom. The number of ether oxygens (including phenoxy) is 3. The summed E-state index contributed by atoms with van der Waals surface area (Å²) in [7, 11) is 1.52. The number of ketones is 1. The Labute approximate surface area is 250 Å². The summed E-state index contributed by atoms with van der Waals surface area (Å²) in [6.07, 6.45) is 0. The first-order valence-electron chi connectivity index (χ1n) is 13.9. The number of hydrogen-bond donors (Lipinski definition) is 2. The van der Waals surface area contributed by atoms with Gasteiger partial charge < -0.3 is 24.4 Å². The maximum absolute atomic E-state index is 13.7. The molecule has 0 spiro atoms. The average Bonchev–Trinajstić information content (AvgIpc) is 3.27. The van der Waals surface area contributed by atoms with Gasteiger partial charge in [-0.15, -0.1) is 0 Å². The van der Waals surface area contributed by atoms with Gasteiger partial charge in [0.2, 0.25) is 0 Å². The number of anilines is 1. The van der Waals surface area contributed by atoms with Crippen molar-refractivity contribution in [2.75, 3.05) is 18.6 Å². The van der Waals surface area contributed by atoms with Gasteiger partial charge in [0.1, 0.15) is 23.9 Å². The number of carbonyl (C=O) groups is 2. The lowest BCUT2D eigenvalue weighted by atomic mass is 9.94. The van der Waals surface area contributed by atoms with Gasteiger partial charge in [0.15, 0.2) is 11.5 Å². The van der Waals surface area contributed by atoms with Crippen molar-refractivity contribution >= 4 is 23.1 Å². The van der Waals surface area contributed by atoms with Gasteiger partial charge in [-0.3, -0.25) is 14.5 Å². The van der Waals surface area contributed by atoms with Crippen LogP contribution in [-0.4, -0.2) is 35.6 Å². The maximum atomic E-state index is 13.7. The number of aryl methyl sites for hydroxylation is 2. The van der Waals surface area contributed by atoms with Gasteiger partial charge in [-0.2, -0.15) is 0 Å². The number of methoxy groups -OCH3 is 1. The summed E-state index contributed by atoms with van der Waals surface area (Å²) in [5, 5.41) is 22.4. The van der Waals surface area contributed by atoms with Gasteiger partial charge in [-0.05, 0) is 85.5 Å². The summed E-state index contributed by atoms with van der Waals surface area (Å²) in [4.78, 5) is 28.5. The number of carbonyl (C=O) groups excluding carboxylic acids is 2. The van der Waals surface area contributed by atoms with Crippen LogP contribution >= 0.6 is 0 Å². The molecule has 8 heteroatoms. The third-order valence-electron chi connectivity index (χ3n) is 7.32. The third-order valence-corrected chi connectivity index (χ3v) is 7.32. The van der Waals surface area contributed by atoms with E-state index in [0.29, 0.717) is 41.6 Å². The fourth-order valence-corrected chi connectivity index (χ4v) is 5.20. The van der Waals surface area contributed by atoms with Crippen LogP contribution in [0, 0.1) is 13.8 Å². The van der Waals surface area contributed by atoms with Crippen LogP contribution in [0.25, 0.3) is 5.76 Å². The van der Waals surface area contributed by atoms with Crippen molar-refractivity contribution in [1.29, 1.82) is 0 Å². The molecular formula is C35H33NO7. The highest BCUT2D eigenvalue weighted by molar-refractivity contribution is 6.52. The third kappa shape index (κ3) is 5.77. The Morgan fingerprint density at radius 2 is 1.60 bits per heavy atom. The highest BCUT2D eigenvalue weighted by atomic mass is 16.5. The standard InChI is InChI=1S/C35H33NO7/c1-5-42-30-19-24(12-16-29(30)41-4)32-31(34(39)35(40)36(32)26-17-21(2)11-14-27(26)37)33(38)25-13-15-28(22(3)18-25)43-20-23-9-7-6-8-10-23/h6-19,32,37-38H,5,20H2,1-4H3/b33-31-. The van der Waals surface area contributed by atoms with E-state index in [-0.39, 0.29) is 22.8 Å². The zero-order chi connectivity index (χ0) is 30.7. The number of benzene rings is 4. The fraction of sp³-hybridized carbons (Fsp3) is 0.200.